The van der Waals surface area contributed by atoms with Crippen LogP contribution in [0.1, 0.15) is 74.2 Å². The predicted molar refractivity (Wildman–Crippen MR) is 101 cm³/mol. The van der Waals surface area contributed by atoms with Crippen molar-refractivity contribution in [3.8, 4) is 0 Å². The molecule has 3 nitrogen and oxygen atoms in total. The van der Waals surface area contributed by atoms with Crippen molar-refractivity contribution in [1.29, 1.82) is 0 Å². The Bertz CT molecular complexity index is 725. The van der Waals surface area contributed by atoms with Gasteiger partial charge in [-0.1, -0.05) is 25.7 Å². The number of nitrogens with zero attached hydrogens (tertiary/aromatic N) is 2. The maximum Gasteiger partial charge on any atom is 0.137 e. The molecule has 128 valence electrons. The van der Waals surface area contributed by atoms with Gasteiger partial charge in [0.1, 0.15) is 11.6 Å². The summed E-state index contributed by atoms with van der Waals surface area (Å²) in [4.78, 5) is 9.78. The first kappa shape index (κ1) is 15.9. The largest absolute Gasteiger partial charge is 0.369 e. The molecule has 2 aliphatic carbocycles. The number of benzene rings is 1. The third-order valence-corrected chi connectivity index (χ3v) is 5.80. The van der Waals surface area contributed by atoms with Gasteiger partial charge in [-0.05, 0) is 68.7 Å². The molecule has 0 spiro atoms. The van der Waals surface area contributed by atoms with E-state index in [2.05, 4.69) is 31.3 Å². The van der Waals surface area contributed by atoms with Gasteiger partial charge in [-0.2, -0.15) is 0 Å². The van der Waals surface area contributed by atoms with Crippen LogP contribution in [0.25, 0.3) is 10.9 Å². The third-order valence-electron chi connectivity index (χ3n) is 5.80. The molecule has 2 fully saturated rings. The van der Waals surface area contributed by atoms with Crippen molar-refractivity contribution in [1.82, 2.24) is 9.97 Å². The molecule has 1 N–H and O–H groups in total. The van der Waals surface area contributed by atoms with Crippen molar-refractivity contribution >= 4 is 16.7 Å². The molecule has 0 saturated heterocycles. The van der Waals surface area contributed by atoms with Crippen LogP contribution in [0.15, 0.2) is 12.1 Å². The fourth-order valence-electron chi connectivity index (χ4n) is 3.87. The molecule has 0 atom stereocenters. The summed E-state index contributed by atoms with van der Waals surface area (Å²) < 4.78 is 0. The van der Waals surface area contributed by atoms with Crippen LogP contribution in [-0.2, 0) is 0 Å². The first-order valence-corrected chi connectivity index (χ1v) is 9.73. The Labute approximate surface area is 145 Å². The van der Waals surface area contributed by atoms with E-state index in [1.807, 2.05) is 0 Å². The second-order valence-corrected chi connectivity index (χ2v) is 7.90. The van der Waals surface area contributed by atoms with Crippen molar-refractivity contribution in [3.05, 3.63) is 29.1 Å². The minimum Gasteiger partial charge on any atom is -0.369 e. The third kappa shape index (κ3) is 3.40. The lowest BCUT2D eigenvalue weighted by atomic mass is 10.0. The van der Waals surface area contributed by atoms with Gasteiger partial charge in [-0.15, -0.1) is 0 Å². The van der Waals surface area contributed by atoms with Crippen LogP contribution in [0, 0.1) is 19.8 Å². The molecule has 2 aliphatic rings. The van der Waals surface area contributed by atoms with E-state index in [1.165, 1.54) is 67.9 Å². The molecule has 2 aromatic rings. The molecule has 0 bridgehead atoms. The number of fused-ring (bicyclic) bond motifs is 1. The molecule has 1 aromatic heterocycles. The monoisotopic (exact) mass is 323 g/mol. The molecule has 1 heterocycles. The van der Waals surface area contributed by atoms with Gasteiger partial charge in [0.25, 0.3) is 0 Å². The van der Waals surface area contributed by atoms with Gasteiger partial charge >= 0.3 is 0 Å². The first-order valence-electron chi connectivity index (χ1n) is 9.73. The van der Waals surface area contributed by atoms with Crippen LogP contribution in [0.2, 0.25) is 0 Å². The van der Waals surface area contributed by atoms with Crippen molar-refractivity contribution in [2.75, 3.05) is 11.9 Å². The lowest BCUT2D eigenvalue weighted by Gasteiger charge is -2.17. The van der Waals surface area contributed by atoms with Crippen molar-refractivity contribution in [2.24, 2.45) is 5.92 Å². The Kier molecular flexibility index (Phi) is 4.43. The van der Waals surface area contributed by atoms with Gasteiger partial charge in [0.2, 0.25) is 0 Å². The highest BCUT2D eigenvalue weighted by atomic mass is 15.0. The number of aryl methyl sites for hydroxylation is 2. The van der Waals surface area contributed by atoms with E-state index >= 15 is 0 Å². The second kappa shape index (κ2) is 6.70. The fraction of sp³-hybridized carbons (Fsp3) is 0.619. The molecule has 0 amide bonds. The summed E-state index contributed by atoms with van der Waals surface area (Å²) in [6, 6.07) is 4.49. The summed E-state index contributed by atoms with van der Waals surface area (Å²) in [5.41, 5.74) is 3.75. The van der Waals surface area contributed by atoms with E-state index in [9.17, 15) is 0 Å². The summed E-state index contributed by atoms with van der Waals surface area (Å²) in [6.45, 7) is 5.41. The Morgan fingerprint density at radius 1 is 0.917 bits per heavy atom. The van der Waals surface area contributed by atoms with Gasteiger partial charge in [-0.3, -0.25) is 0 Å². The van der Waals surface area contributed by atoms with Crippen molar-refractivity contribution in [2.45, 2.75) is 71.1 Å². The number of aromatic nitrogens is 2. The zero-order valence-corrected chi connectivity index (χ0v) is 15.1. The van der Waals surface area contributed by atoms with Crippen LogP contribution in [-0.4, -0.2) is 16.5 Å². The minimum absolute atomic E-state index is 0.592. The smallest absolute Gasteiger partial charge is 0.137 e. The molecule has 3 heteroatoms. The predicted octanol–water partition coefficient (Wildman–Crippen LogP) is 5.51. The SMILES string of the molecule is Cc1cc2nc(C3CC3)nc(NCC3CCCCCC3)c2cc1C. The summed E-state index contributed by atoms with van der Waals surface area (Å²) in [6.07, 6.45) is 10.8. The van der Waals surface area contributed by atoms with E-state index < -0.39 is 0 Å². The zero-order chi connectivity index (χ0) is 16.5. The van der Waals surface area contributed by atoms with Crippen LogP contribution >= 0.6 is 0 Å². The van der Waals surface area contributed by atoms with Crippen LogP contribution < -0.4 is 5.32 Å². The summed E-state index contributed by atoms with van der Waals surface area (Å²) in [7, 11) is 0. The Hall–Kier alpha value is -1.64. The molecular weight excluding hydrogens is 294 g/mol. The molecule has 24 heavy (non-hydrogen) atoms. The number of hydrogen-bond donors (Lipinski definition) is 1. The van der Waals surface area contributed by atoms with Gasteiger partial charge in [0, 0.05) is 17.8 Å². The van der Waals surface area contributed by atoms with E-state index in [1.54, 1.807) is 0 Å². The highest BCUT2D eigenvalue weighted by Gasteiger charge is 2.27. The molecule has 0 radical (unpaired) electrons. The normalized spacial score (nSPS) is 19.4. The molecule has 2 saturated carbocycles. The van der Waals surface area contributed by atoms with Gasteiger partial charge in [0.05, 0.1) is 5.52 Å². The second-order valence-electron chi connectivity index (χ2n) is 7.90. The topological polar surface area (TPSA) is 37.8 Å². The number of hydrogen-bond acceptors (Lipinski definition) is 3. The van der Waals surface area contributed by atoms with Gasteiger partial charge in [-0.25, -0.2) is 9.97 Å². The lowest BCUT2D eigenvalue weighted by molar-refractivity contribution is 0.483. The minimum atomic E-state index is 0.592. The molecule has 0 unspecified atom stereocenters. The Balaban J connectivity index is 1.63. The molecule has 4 rings (SSSR count). The van der Waals surface area contributed by atoms with E-state index in [0.29, 0.717) is 5.92 Å². The summed E-state index contributed by atoms with van der Waals surface area (Å²) in [5, 5.41) is 4.89. The molecule has 1 aromatic carbocycles. The number of rotatable bonds is 4. The highest BCUT2D eigenvalue weighted by Crippen LogP contribution is 2.39. The first-order chi connectivity index (χ1) is 11.7. The highest BCUT2D eigenvalue weighted by molar-refractivity contribution is 5.90. The summed E-state index contributed by atoms with van der Waals surface area (Å²) >= 11 is 0. The number of nitrogens with one attached hydrogen (secondary N) is 1. The average Bonchev–Trinajstić information content (AvgIpc) is 3.41. The fourth-order valence-corrected chi connectivity index (χ4v) is 3.87. The van der Waals surface area contributed by atoms with Gasteiger partial charge in [0.15, 0.2) is 0 Å². The Morgan fingerprint density at radius 3 is 2.33 bits per heavy atom. The van der Waals surface area contributed by atoms with Gasteiger partial charge < -0.3 is 5.32 Å². The van der Waals surface area contributed by atoms with E-state index in [0.717, 1.165) is 29.6 Å². The standard InChI is InChI=1S/C21H29N3/c1-14-11-18-19(12-15(14)2)23-20(17-9-10-17)24-21(18)22-13-16-7-5-3-4-6-8-16/h11-12,16-17H,3-10,13H2,1-2H3,(H,22,23,24). The Morgan fingerprint density at radius 2 is 1.62 bits per heavy atom. The quantitative estimate of drug-likeness (QED) is 0.754. The zero-order valence-electron chi connectivity index (χ0n) is 15.1. The van der Waals surface area contributed by atoms with E-state index in [-0.39, 0.29) is 0 Å². The van der Waals surface area contributed by atoms with E-state index in [4.69, 9.17) is 9.97 Å². The maximum atomic E-state index is 4.92. The molecular formula is C21H29N3. The average molecular weight is 323 g/mol. The van der Waals surface area contributed by atoms with Crippen molar-refractivity contribution < 1.29 is 0 Å². The lowest BCUT2D eigenvalue weighted by Crippen LogP contribution is -2.15. The van der Waals surface area contributed by atoms with Crippen molar-refractivity contribution in [3.63, 3.8) is 0 Å². The van der Waals surface area contributed by atoms with Crippen LogP contribution in [0.4, 0.5) is 5.82 Å². The van der Waals surface area contributed by atoms with Crippen LogP contribution in [0.3, 0.4) is 0 Å². The van der Waals surface area contributed by atoms with Crippen LogP contribution in [0.5, 0.6) is 0 Å². The molecule has 0 aliphatic heterocycles. The summed E-state index contributed by atoms with van der Waals surface area (Å²) in [5.74, 6) is 3.51. The maximum absolute atomic E-state index is 4.92. The number of anilines is 1.